The van der Waals surface area contributed by atoms with Crippen LogP contribution in [0.25, 0.3) is 5.69 Å². The van der Waals surface area contributed by atoms with Gasteiger partial charge in [-0.25, -0.2) is 9.37 Å². The Labute approximate surface area is 191 Å². The van der Waals surface area contributed by atoms with Crippen molar-refractivity contribution in [1.29, 1.82) is 0 Å². The van der Waals surface area contributed by atoms with Gasteiger partial charge >= 0.3 is 0 Å². The SMILES string of the molecule is CSc1nnnn1-c1cccc(Nc2ncc(F)c(NC3CC(C)(C)NC(C)(C)C3)n2)c1. The molecule has 1 aliphatic heterocycles. The van der Waals surface area contributed by atoms with Crippen molar-refractivity contribution in [2.45, 2.75) is 62.8 Å². The van der Waals surface area contributed by atoms with E-state index < -0.39 is 5.82 Å². The Kier molecular flexibility index (Phi) is 6.04. The zero-order chi connectivity index (χ0) is 22.9. The van der Waals surface area contributed by atoms with E-state index in [0.717, 1.165) is 24.2 Å². The lowest BCUT2D eigenvalue weighted by atomic mass is 9.79. The second kappa shape index (κ2) is 8.62. The average molecular weight is 458 g/mol. The standard InChI is InChI=1S/C21H28FN9S/c1-20(2)10-14(11-21(3,4)28-20)24-17-16(22)12-23-18(26-17)25-13-7-6-8-15(9-13)31-19(32-5)27-29-30-31/h6-9,12,14,28H,10-11H2,1-5H3,(H2,23,24,25,26). The molecule has 1 saturated heterocycles. The fourth-order valence-electron chi connectivity index (χ4n) is 4.46. The number of thioether (sulfide) groups is 1. The first-order chi connectivity index (χ1) is 15.1. The number of piperidine rings is 1. The predicted octanol–water partition coefficient (Wildman–Crippen LogP) is 3.78. The van der Waals surface area contributed by atoms with Crippen LogP contribution in [0.4, 0.5) is 21.8 Å². The molecular formula is C21H28FN9S. The van der Waals surface area contributed by atoms with Crippen molar-refractivity contribution < 1.29 is 4.39 Å². The van der Waals surface area contributed by atoms with E-state index in [2.05, 4.69) is 69.1 Å². The van der Waals surface area contributed by atoms with Crippen LogP contribution in [0.15, 0.2) is 35.6 Å². The predicted molar refractivity (Wildman–Crippen MR) is 124 cm³/mol. The summed E-state index contributed by atoms with van der Waals surface area (Å²) in [7, 11) is 0. The van der Waals surface area contributed by atoms with Crippen molar-refractivity contribution in [2.75, 3.05) is 16.9 Å². The summed E-state index contributed by atoms with van der Waals surface area (Å²) in [6.45, 7) is 8.63. The number of benzene rings is 1. The van der Waals surface area contributed by atoms with Gasteiger partial charge in [0, 0.05) is 22.8 Å². The summed E-state index contributed by atoms with van der Waals surface area (Å²) < 4.78 is 16.2. The maximum Gasteiger partial charge on any atom is 0.229 e. The zero-order valence-electron chi connectivity index (χ0n) is 18.8. The van der Waals surface area contributed by atoms with Crippen LogP contribution in [0.5, 0.6) is 0 Å². The van der Waals surface area contributed by atoms with Gasteiger partial charge in [0.05, 0.1) is 11.9 Å². The van der Waals surface area contributed by atoms with E-state index in [1.165, 1.54) is 18.0 Å². The van der Waals surface area contributed by atoms with E-state index in [1.54, 1.807) is 4.68 Å². The molecule has 0 unspecified atom stereocenters. The Balaban J connectivity index is 1.53. The van der Waals surface area contributed by atoms with Crippen LogP contribution in [0, 0.1) is 5.82 Å². The molecule has 3 N–H and O–H groups in total. The van der Waals surface area contributed by atoms with Crippen molar-refractivity contribution >= 4 is 29.2 Å². The number of hydrogen-bond donors (Lipinski definition) is 3. The van der Waals surface area contributed by atoms with Gasteiger partial charge in [0.1, 0.15) is 0 Å². The second-order valence-corrected chi connectivity index (χ2v) is 10.1. The molecule has 0 spiro atoms. The largest absolute Gasteiger partial charge is 0.365 e. The lowest BCUT2D eigenvalue weighted by Crippen LogP contribution is -2.60. The van der Waals surface area contributed by atoms with Crippen LogP contribution in [0.1, 0.15) is 40.5 Å². The molecular weight excluding hydrogens is 429 g/mol. The van der Waals surface area contributed by atoms with Gasteiger partial charge < -0.3 is 16.0 Å². The molecule has 1 fully saturated rings. The van der Waals surface area contributed by atoms with Gasteiger partial charge in [0.25, 0.3) is 0 Å². The summed E-state index contributed by atoms with van der Waals surface area (Å²) in [5, 5.41) is 22.5. The maximum atomic E-state index is 14.5. The fourth-order valence-corrected chi connectivity index (χ4v) is 4.89. The minimum atomic E-state index is -0.475. The molecule has 170 valence electrons. The fraction of sp³-hybridized carbons (Fsp3) is 0.476. The van der Waals surface area contributed by atoms with Crippen LogP contribution in [-0.2, 0) is 0 Å². The Morgan fingerprint density at radius 2 is 1.94 bits per heavy atom. The summed E-state index contributed by atoms with van der Waals surface area (Å²) in [5.41, 5.74) is 1.42. The van der Waals surface area contributed by atoms with Crippen molar-refractivity contribution in [3.63, 3.8) is 0 Å². The molecule has 32 heavy (non-hydrogen) atoms. The average Bonchev–Trinajstić information content (AvgIpc) is 3.17. The van der Waals surface area contributed by atoms with E-state index in [4.69, 9.17) is 0 Å². The van der Waals surface area contributed by atoms with E-state index in [1.807, 2.05) is 30.5 Å². The molecule has 0 aliphatic carbocycles. The van der Waals surface area contributed by atoms with Gasteiger partial charge in [0.15, 0.2) is 11.6 Å². The molecule has 0 amide bonds. The number of tetrazole rings is 1. The quantitative estimate of drug-likeness (QED) is 0.477. The molecule has 0 radical (unpaired) electrons. The van der Waals surface area contributed by atoms with E-state index >= 15 is 0 Å². The Morgan fingerprint density at radius 3 is 2.66 bits per heavy atom. The highest BCUT2D eigenvalue weighted by Gasteiger charge is 2.38. The van der Waals surface area contributed by atoms with Gasteiger partial charge in [-0.2, -0.15) is 9.67 Å². The van der Waals surface area contributed by atoms with Gasteiger partial charge in [-0.3, -0.25) is 0 Å². The summed E-state index contributed by atoms with van der Waals surface area (Å²) >= 11 is 1.45. The third-order valence-electron chi connectivity index (χ3n) is 5.25. The normalized spacial score (nSPS) is 17.8. The maximum absolute atomic E-state index is 14.5. The minimum Gasteiger partial charge on any atom is -0.365 e. The van der Waals surface area contributed by atoms with Crippen LogP contribution < -0.4 is 16.0 Å². The summed E-state index contributed by atoms with van der Waals surface area (Å²) in [6, 6.07) is 7.63. The Hall–Kier alpha value is -2.79. The van der Waals surface area contributed by atoms with Gasteiger partial charge in [-0.15, -0.1) is 5.10 Å². The molecule has 9 nitrogen and oxygen atoms in total. The summed E-state index contributed by atoms with van der Waals surface area (Å²) in [6.07, 6.45) is 4.81. The molecule has 1 aliphatic rings. The van der Waals surface area contributed by atoms with Crippen LogP contribution in [0.2, 0.25) is 0 Å². The van der Waals surface area contributed by atoms with Crippen molar-refractivity contribution in [3.05, 3.63) is 36.3 Å². The molecule has 3 heterocycles. The smallest absolute Gasteiger partial charge is 0.229 e. The van der Waals surface area contributed by atoms with E-state index in [0.29, 0.717) is 11.1 Å². The number of nitrogens with one attached hydrogen (secondary N) is 3. The monoisotopic (exact) mass is 457 g/mol. The molecule has 0 saturated carbocycles. The van der Waals surface area contributed by atoms with E-state index in [9.17, 15) is 4.39 Å². The van der Waals surface area contributed by atoms with Crippen molar-refractivity contribution in [2.24, 2.45) is 0 Å². The summed E-state index contributed by atoms with van der Waals surface area (Å²) in [4.78, 5) is 8.51. The minimum absolute atomic E-state index is 0.0592. The lowest BCUT2D eigenvalue weighted by Gasteiger charge is -2.46. The first kappa shape index (κ1) is 22.4. The molecule has 1 aromatic carbocycles. The van der Waals surface area contributed by atoms with Gasteiger partial charge in [-0.05, 0) is 75.4 Å². The number of aromatic nitrogens is 6. The van der Waals surface area contributed by atoms with E-state index in [-0.39, 0.29) is 22.9 Å². The lowest BCUT2D eigenvalue weighted by molar-refractivity contribution is 0.170. The van der Waals surface area contributed by atoms with Crippen molar-refractivity contribution in [1.82, 2.24) is 35.5 Å². The number of hydrogen-bond acceptors (Lipinski definition) is 9. The number of halogens is 1. The first-order valence-corrected chi connectivity index (χ1v) is 11.6. The first-order valence-electron chi connectivity index (χ1n) is 10.4. The van der Waals surface area contributed by atoms with Crippen LogP contribution >= 0.6 is 11.8 Å². The van der Waals surface area contributed by atoms with Gasteiger partial charge in [0.2, 0.25) is 11.1 Å². The van der Waals surface area contributed by atoms with Crippen molar-refractivity contribution in [3.8, 4) is 5.69 Å². The highest BCUT2D eigenvalue weighted by Crippen LogP contribution is 2.31. The Bertz CT molecular complexity index is 1080. The topological polar surface area (TPSA) is 105 Å². The molecule has 11 heteroatoms. The molecule has 3 aromatic rings. The van der Waals surface area contributed by atoms with Gasteiger partial charge in [-0.1, -0.05) is 17.8 Å². The second-order valence-electron chi connectivity index (χ2n) is 9.29. The molecule has 4 rings (SSSR count). The molecule has 0 atom stereocenters. The van der Waals surface area contributed by atoms with Crippen LogP contribution in [-0.4, -0.2) is 53.6 Å². The highest BCUT2D eigenvalue weighted by atomic mass is 32.2. The number of anilines is 3. The number of rotatable bonds is 6. The van der Waals surface area contributed by atoms with Crippen LogP contribution in [0.3, 0.4) is 0 Å². The third kappa shape index (κ3) is 5.16. The summed E-state index contributed by atoms with van der Waals surface area (Å²) in [5.74, 6) is 0.0272. The number of nitrogens with zero attached hydrogens (tertiary/aromatic N) is 6. The Morgan fingerprint density at radius 1 is 1.19 bits per heavy atom. The zero-order valence-corrected chi connectivity index (χ0v) is 19.7. The highest BCUT2D eigenvalue weighted by molar-refractivity contribution is 7.98. The third-order valence-corrected chi connectivity index (χ3v) is 5.87. The molecule has 2 aromatic heterocycles. The molecule has 0 bridgehead atoms.